The molecule has 0 radical (unpaired) electrons. The van der Waals surface area contributed by atoms with E-state index in [-0.39, 0.29) is 5.41 Å². The van der Waals surface area contributed by atoms with Crippen LogP contribution in [0, 0.1) is 0 Å². The predicted octanol–water partition coefficient (Wildman–Crippen LogP) is 10.6. The second-order valence-electron chi connectivity index (χ2n) is 12.3. The standard InChI is InChI=1S/C41H36N2/c1-3-28-41(2,29-20-24-31(25-21-29)42-37-16-8-4-12-33(37)34-13-5-9-17-38(34)42)30-22-26-32(27-23-30)43-39-18-10-6-14-35(39)36-15-7-11-19-40(36)43/h4-27,33,37H,3,28H2,1-2H3. The zero-order valence-corrected chi connectivity index (χ0v) is 24.8. The maximum atomic E-state index is 2.52. The van der Waals surface area contributed by atoms with Gasteiger partial charge in [-0.15, -0.1) is 0 Å². The molecule has 0 saturated carbocycles. The number of rotatable bonds is 6. The Hall–Kier alpha value is -4.82. The highest BCUT2D eigenvalue weighted by Gasteiger charge is 2.37. The second kappa shape index (κ2) is 10.2. The first kappa shape index (κ1) is 25.9. The third kappa shape index (κ3) is 4.01. The number of fused-ring (bicyclic) bond motifs is 6. The number of nitrogens with zero attached hydrogens (tertiary/aromatic N) is 2. The lowest BCUT2D eigenvalue weighted by Crippen LogP contribution is -2.29. The molecule has 5 aromatic carbocycles. The van der Waals surface area contributed by atoms with Gasteiger partial charge in [0.25, 0.3) is 0 Å². The Bertz CT molecular complexity index is 1950. The number of para-hydroxylation sites is 3. The van der Waals surface area contributed by atoms with Crippen molar-refractivity contribution in [2.45, 2.75) is 44.1 Å². The summed E-state index contributed by atoms with van der Waals surface area (Å²) in [5, 5.41) is 2.59. The lowest BCUT2D eigenvalue weighted by molar-refractivity contribution is 0.512. The van der Waals surface area contributed by atoms with E-state index in [1.54, 1.807) is 0 Å². The molecule has 2 heterocycles. The highest BCUT2D eigenvalue weighted by molar-refractivity contribution is 6.09. The number of aromatic nitrogens is 1. The molecule has 0 N–H and O–H groups in total. The van der Waals surface area contributed by atoms with E-state index in [0.29, 0.717) is 12.0 Å². The largest absolute Gasteiger partial charge is 0.333 e. The van der Waals surface area contributed by atoms with Gasteiger partial charge in [0.15, 0.2) is 0 Å². The van der Waals surface area contributed by atoms with Crippen LogP contribution in [-0.2, 0) is 5.41 Å². The van der Waals surface area contributed by atoms with Crippen LogP contribution >= 0.6 is 0 Å². The summed E-state index contributed by atoms with van der Waals surface area (Å²) in [6.45, 7) is 4.71. The first-order chi connectivity index (χ1) is 21.2. The Labute approximate surface area is 254 Å². The third-order valence-electron chi connectivity index (χ3n) is 9.83. The summed E-state index contributed by atoms with van der Waals surface area (Å²) in [5.41, 5.74) is 10.3. The summed E-state index contributed by atoms with van der Waals surface area (Å²) in [7, 11) is 0. The molecule has 1 aromatic heterocycles. The van der Waals surface area contributed by atoms with Gasteiger partial charge < -0.3 is 9.47 Å². The molecule has 210 valence electrons. The average Bonchev–Trinajstić information content (AvgIpc) is 3.58. The molecule has 2 heteroatoms. The van der Waals surface area contributed by atoms with E-state index in [4.69, 9.17) is 0 Å². The van der Waals surface area contributed by atoms with Gasteiger partial charge in [0.05, 0.1) is 17.1 Å². The van der Waals surface area contributed by atoms with Crippen LogP contribution in [0.3, 0.4) is 0 Å². The molecule has 8 rings (SSSR count). The van der Waals surface area contributed by atoms with Crippen molar-refractivity contribution in [1.82, 2.24) is 4.57 Å². The number of hydrogen-bond donors (Lipinski definition) is 0. The maximum Gasteiger partial charge on any atom is 0.0629 e. The van der Waals surface area contributed by atoms with E-state index in [9.17, 15) is 0 Å². The monoisotopic (exact) mass is 556 g/mol. The van der Waals surface area contributed by atoms with Crippen molar-refractivity contribution in [2.24, 2.45) is 0 Å². The minimum Gasteiger partial charge on any atom is -0.333 e. The fourth-order valence-corrected chi connectivity index (χ4v) is 7.71. The van der Waals surface area contributed by atoms with Crippen molar-refractivity contribution in [1.29, 1.82) is 0 Å². The third-order valence-corrected chi connectivity index (χ3v) is 9.83. The molecular weight excluding hydrogens is 520 g/mol. The van der Waals surface area contributed by atoms with Gasteiger partial charge in [0.2, 0.25) is 0 Å². The van der Waals surface area contributed by atoms with Crippen LogP contribution in [-0.4, -0.2) is 10.6 Å². The molecule has 2 nitrogen and oxygen atoms in total. The lowest BCUT2D eigenvalue weighted by Gasteiger charge is -2.33. The van der Waals surface area contributed by atoms with E-state index in [1.165, 1.54) is 55.6 Å². The van der Waals surface area contributed by atoms with Gasteiger partial charge in [0, 0.05) is 39.2 Å². The van der Waals surface area contributed by atoms with Gasteiger partial charge in [-0.1, -0.05) is 123 Å². The Morgan fingerprint density at radius 1 is 0.605 bits per heavy atom. The quantitative estimate of drug-likeness (QED) is 0.198. The molecule has 0 saturated heterocycles. The molecule has 0 bridgehead atoms. The molecule has 1 aliphatic heterocycles. The summed E-state index contributed by atoms with van der Waals surface area (Å²) in [5.74, 6) is 0.402. The van der Waals surface area contributed by atoms with Crippen LogP contribution in [0.25, 0.3) is 27.5 Å². The normalized spacial score (nSPS) is 18.6. The topological polar surface area (TPSA) is 8.17 Å². The Morgan fingerprint density at radius 3 is 1.81 bits per heavy atom. The molecule has 3 atom stereocenters. The van der Waals surface area contributed by atoms with Gasteiger partial charge >= 0.3 is 0 Å². The molecule has 0 spiro atoms. The molecule has 1 aliphatic carbocycles. The summed E-state index contributed by atoms with van der Waals surface area (Å²) in [6.07, 6.45) is 11.3. The van der Waals surface area contributed by atoms with E-state index in [1.807, 2.05) is 0 Å². The molecular formula is C41H36N2. The van der Waals surface area contributed by atoms with Crippen molar-refractivity contribution in [3.63, 3.8) is 0 Å². The molecule has 2 aliphatic rings. The Morgan fingerprint density at radius 2 is 1.16 bits per heavy atom. The summed E-state index contributed by atoms with van der Waals surface area (Å²) in [4.78, 5) is 2.52. The van der Waals surface area contributed by atoms with Crippen LogP contribution in [0.5, 0.6) is 0 Å². The van der Waals surface area contributed by atoms with E-state index >= 15 is 0 Å². The van der Waals surface area contributed by atoms with Crippen LogP contribution < -0.4 is 4.90 Å². The number of hydrogen-bond acceptors (Lipinski definition) is 1. The zero-order chi connectivity index (χ0) is 29.0. The van der Waals surface area contributed by atoms with Crippen LogP contribution in [0.15, 0.2) is 146 Å². The van der Waals surface area contributed by atoms with Crippen LogP contribution in [0.1, 0.15) is 49.3 Å². The smallest absolute Gasteiger partial charge is 0.0629 e. The average molecular weight is 557 g/mol. The van der Waals surface area contributed by atoms with Gasteiger partial charge in [-0.2, -0.15) is 0 Å². The van der Waals surface area contributed by atoms with E-state index < -0.39 is 0 Å². The number of allylic oxidation sites excluding steroid dienone is 2. The van der Waals surface area contributed by atoms with Gasteiger partial charge in [-0.3, -0.25) is 0 Å². The summed E-state index contributed by atoms with van der Waals surface area (Å²) in [6, 6.07) is 45.4. The fourth-order valence-electron chi connectivity index (χ4n) is 7.71. The van der Waals surface area contributed by atoms with Crippen molar-refractivity contribution >= 4 is 33.2 Å². The van der Waals surface area contributed by atoms with Crippen molar-refractivity contribution < 1.29 is 0 Å². The minimum atomic E-state index is -0.0778. The van der Waals surface area contributed by atoms with Crippen LogP contribution in [0.4, 0.5) is 11.4 Å². The highest BCUT2D eigenvalue weighted by atomic mass is 15.2. The first-order valence-corrected chi connectivity index (χ1v) is 15.6. The van der Waals surface area contributed by atoms with Crippen molar-refractivity contribution in [3.05, 3.63) is 162 Å². The number of benzene rings is 5. The van der Waals surface area contributed by atoms with Crippen molar-refractivity contribution in [3.8, 4) is 5.69 Å². The molecule has 0 fully saturated rings. The van der Waals surface area contributed by atoms with Gasteiger partial charge in [-0.25, -0.2) is 0 Å². The minimum absolute atomic E-state index is 0.0778. The molecule has 43 heavy (non-hydrogen) atoms. The van der Waals surface area contributed by atoms with Crippen LogP contribution in [0.2, 0.25) is 0 Å². The second-order valence-corrected chi connectivity index (χ2v) is 12.3. The van der Waals surface area contributed by atoms with E-state index in [0.717, 1.165) is 12.8 Å². The Kier molecular flexibility index (Phi) is 6.11. The zero-order valence-electron chi connectivity index (χ0n) is 24.8. The SMILES string of the molecule is CCCC(C)(c1ccc(N2c3ccccc3C3C=CC=CC32)cc1)c1ccc(-n2c3ccccc3c3ccccc32)cc1. The van der Waals surface area contributed by atoms with Crippen molar-refractivity contribution in [2.75, 3.05) is 4.90 Å². The summed E-state index contributed by atoms with van der Waals surface area (Å²) >= 11 is 0. The Balaban J connectivity index is 1.16. The fraction of sp³-hybridized carbons (Fsp3) is 0.171. The number of anilines is 2. The lowest BCUT2D eigenvalue weighted by atomic mass is 9.73. The predicted molar refractivity (Wildman–Crippen MR) is 182 cm³/mol. The van der Waals surface area contributed by atoms with E-state index in [2.05, 4.69) is 169 Å². The molecule has 0 amide bonds. The molecule has 3 unspecified atom stereocenters. The molecule has 6 aromatic rings. The first-order valence-electron chi connectivity index (χ1n) is 15.6. The summed E-state index contributed by atoms with van der Waals surface area (Å²) < 4.78 is 2.40. The highest BCUT2D eigenvalue weighted by Crippen LogP contribution is 2.48. The van der Waals surface area contributed by atoms with Gasteiger partial charge in [-0.05, 0) is 65.6 Å². The maximum absolute atomic E-state index is 2.52. The van der Waals surface area contributed by atoms with Gasteiger partial charge in [0.1, 0.15) is 0 Å².